The van der Waals surface area contributed by atoms with Gasteiger partial charge in [0.05, 0.1) is 0 Å². The number of halogens is 3. The molecule has 0 aromatic heterocycles. The zero-order chi connectivity index (χ0) is 9.61. The van der Waals surface area contributed by atoms with Gasteiger partial charge in [0.25, 0.3) is 0 Å². The molecular formula is C7H13F3O2. The molecule has 0 aliphatic rings. The quantitative estimate of drug-likeness (QED) is 0.706. The van der Waals surface area contributed by atoms with Gasteiger partial charge < -0.3 is 9.84 Å². The molecular weight excluding hydrogens is 173 g/mol. The second kappa shape index (κ2) is 5.37. The van der Waals surface area contributed by atoms with Crippen molar-refractivity contribution in [3.05, 3.63) is 0 Å². The molecule has 0 spiro atoms. The molecule has 12 heavy (non-hydrogen) atoms. The summed E-state index contributed by atoms with van der Waals surface area (Å²) in [6.45, 7) is -0.190. The lowest BCUT2D eigenvalue weighted by Crippen LogP contribution is -2.19. The number of methoxy groups -OCH3 is 1. The lowest BCUT2D eigenvalue weighted by atomic mass is 10.0. The molecule has 0 fully saturated rings. The fraction of sp³-hybridized carbons (Fsp3) is 1.00. The van der Waals surface area contributed by atoms with Gasteiger partial charge in [-0.25, -0.2) is 0 Å². The van der Waals surface area contributed by atoms with Gasteiger partial charge in [-0.2, -0.15) is 13.2 Å². The Hall–Kier alpha value is -0.290. The summed E-state index contributed by atoms with van der Waals surface area (Å²) in [6, 6.07) is 0. The van der Waals surface area contributed by atoms with Crippen molar-refractivity contribution in [2.45, 2.75) is 19.0 Å². The van der Waals surface area contributed by atoms with E-state index in [4.69, 9.17) is 5.11 Å². The topological polar surface area (TPSA) is 29.5 Å². The van der Waals surface area contributed by atoms with Crippen LogP contribution in [0.4, 0.5) is 13.2 Å². The summed E-state index contributed by atoms with van der Waals surface area (Å²) >= 11 is 0. The van der Waals surface area contributed by atoms with E-state index in [0.717, 1.165) is 0 Å². The minimum atomic E-state index is -4.19. The lowest BCUT2D eigenvalue weighted by molar-refractivity contribution is -0.148. The highest BCUT2D eigenvalue weighted by atomic mass is 19.4. The van der Waals surface area contributed by atoms with E-state index in [9.17, 15) is 13.2 Å². The first-order valence-corrected chi connectivity index (χ1v) is 3.66. The Balaban J connectivity index is 3.67. The summed E-state index contributed by atoms with van der Waals surface area (Å²) in [6.07, 6.45) is -4.89. The van der Waals surface area contributed by atoms with E-state index in [2.05, 4.69) is 4.74 Å². The van der Waals surface area contributed by atoms with Crippen LogP contribution in [0.5, 0.6) is 0 Å². The summed E-state index contributed by atoms with van der Waals surface area (Å²) in [5.74, 6) is -0.732. The third kappa shape index (κ3) is 6.42. The highest BCUT2D eigenvalue weighted by Gasteiger charge is 2.31. The molecule has 0 aliphatic carbocycles. The standard InChI is InChI=1S/C7H13F3O2/c1-12-3-2-6(5-11)4-7(8,9)10/h6,11H,2-5H2,1H3/t6-/m0/s1. The highest BCUT2D eigenvalue weighted by molar-refractivity contribution is 4.62. The maximum atomic E-state index is 11.8. The molecule has 0 aromatic carbocycles. The van der Waals surface area contributed by atoms with E-state index >= 15 is 0 Å². The van der Waals surface area contributed by atoms with Gasteiger partial charge in [0.1, 0.15) is 0 Å². The number of hydrogen-bond acceptors (Lipinski definition) is 2. The van der Waals surface area contributed by atoms with Gasteiger partial charge in [-0.1, -0.05) is 0 Å². The van der Waals surface area contributed by atoms with E-state index in [0.29, 0.717) is 0 Å². The molecule has 2 nitrogen and oxygen atoms in total. The summed E-state index contributed by atoms with van der Waals surface area (Å²) in [7, 11) is 1.42. The molecule has 0 aromatic rings. The van der Waals surface area contributed by atoms with Crippen molar-refractivity contribution in [1.82, 2.24) is 0 Å². The monoisotopic (exact) mass is 186 g/mol. The average molecular weight is 186 g/mol. The van der Waals surface area contributed by atoms with E-state index < -0.39 is 25.1 Å². The van der Waals surface area contributed by atoms with E-state index in [1.807, 2.05) is 0 Å². The van der Waals surface area contributed by atoms with Gasteiger partial charge in [-0.3, -0.25) is 0 Å². The lowest BCUT2D eigenvalue weighted by Gasteiger charge is -2.15. The molecule has 0 amide bonds. The Morgan fingerprint density at radius 2 is 2.00 bits per heavy atom. The third-order valence-electron chi connectivity index (χ3n) is 1.51. The normalized spacial score (nSPS) is 14.8. The van der Waals surface area contributed by atoms with Crippen molar-refractivity contribution in [2.24, 2.45) is 5.92 Å². The van der Waals surface area contributed by atoms with Gasteiger partial charge in [-0.15, -0.1) is 0 Å². The van der Waals surface area contributed by atoms with Crippen molar-refractivity contribution in [3.63, 3.8) is 0 Å². The Labute approximate surface area is 69.3 Å². The zero-order valence-corrected chi connectivity index (χ0v) is 6.90. The van der Waals surface area contributed by atoms with Crippen molar-refractivity contribution < 1.29 is 23.0 Å². The molecule has 0 bridgehead atoms. The molecule has 5 heteroatoms. The molecule has 0 heterocycles. The van der Waals surface area contributed by atoms with Gasteiger partial charge in [-0.05, 0) is 12.3 Å². The number of aliphatic hydroxyl groups is 1. The summed E-state index contributed by atoms with van der Waals surface area (Å²) < 4.78 is 39.9. The van der Waals surface area contributed by atoms with Gasteiger partial charge >= 0.3 is 6.18 Å². The van der Waals surface area contributed by atoms with Crippen LogP contribution in [0.2, 0.25) is 0 Å². The minimum absolute atomic E-state index is 0.243. The van der Waals surface area contributed by atoms with Crippen molar-refractivity contribution >= 4 is 0 Å². The third-order valence-corrected chi connectivity index (χ3v) is 1.51. The number of aliphatic hydroxyl groups excluding tert-OH is 1. The van der Waals surface area contributed by atoms with Crippen LogP contribution in [0.15, 0.2) is 0 Å². The van der Waals surface area contributed by atoms with E-state index in [1.54, 1.807) is 0 Å². The smallest absolute Gasteiger partial charge is 0.389 e. The molecule has 1 atom stereocenters. The molecule has 1 N–H and O–H groups in total. The number of ether oxygens (including phenoxy) is 1. The average Bonchev–Trinajstić information content (AvgIpc) is 1.95. The van der Waals surface area contributed by atoms with Crippen LogP contribution in [0.25, 0.3) is 0 Å². The SMILES string of the molecule is COCC[C@H](CO)CC(F)(F)F. The molecule has 0 aliphatic heterocycles. The van der Waals surface area contributed by atoms with Crippen molar-refractivity contribution in [2.75, 3.05) is 20.3 Å². The van der Waals surface area contributed by atoms with Crippen LogP contribution in [0, 0.1) is 5.92 Å². The molecule has 74 valence electrons. The Kier molecular flexibility index (Phi) is 5.24. The fourth-order valence-electron chi connectivity index (χ4n) is 0.870. The number of rotatable bonds is 5. The fourth-order valence-corrected chi connectivity index (χ4v) is 0.870. The highest BCUT2D eigenvalue weighted by Crippen LogP contribution is 2.26. The number of hydrogen-bond donors (Lipinski definition) is 1. The van der Waals surface area contributed by atoms with Crippen LogP contribution in [-0.2, 0) is 4.74 Å². The van der Waals surface area contributed by atoms with Crippen LogP contribution >= 0.6 is 0 Å². The first kappa shape index (κ1) is 11.7. The van der Waals surface area contributed by atoms with Crippen LogP contribution in [0.3, 0.4) is 0 Å². The zero-order valence-electron chi connectivity index (χ0n) is 6.90. The largest absolute Gasteiger partial charge is 0.396 e. The number of alkyl halides is 3. The predicted octanol–water partition coefficient (Wildman–Crippen LogP) is 1.58. The van der Waals surface area contributed by atoms with E-state index in [-0.39, 0.29) is 13.0 Å². The minimum Gasteiger partial charge on any atom is -0.396 e. The maximum absolute atomic E-state index is 11.8. The van der Waals surface area contributed by atoms with Crippen LogP contribution in [-0.4, -0.2) is 31.6 Å². The molecule has 0 saturated carbocycles. The maximum Gasteiger partial charge on any atom is 0.389 e. The molecule has 0 unspecified atom stereocenters. The molecule has 0 radical (unpaired) electrons. The summed E-state index contributed by atoms with van der Waals surface area (Å²) in [4.78, 5) is 0. The Morgan fingerprint density at radius 1 is 1.42 bits per heavy atom. The first-order chi connectivity index (χ1) is 5.49. The van der Waals surface area contributed by atoms with Gasteiger partial charge in [0.2, 0.25) is 0 Å². The summed E-state index contributed by atoms with van der Waals surface area (Å²) in [5, 5.41) is 8.56. The Morgan fingerprint density at radius 3 is 2.33 bits per heavy atom. The van der Waals surface area contributed by atoms with Gasteiger partial charge in [0, 0.05) is 26.7 Å². The second-order valence-corrected chi connectivity index (χ2v) is 2.65. The molecule has 0 saturated heterocycles. The van der Waals surface area contributed by atoms with Crippen molar-refractivity contribution in [1.29, 1.82) is 0 Å². The second-order valence-electron chi connectivity index (χ2n) is 2.65. The van der Waals surface area contributed by atoms with Crippen LogP contribution in [0.1, 0.15) is 12.8 Å². The molecule has 0 rings (SSSR count). The first-order valence-electron chi connectivity index (χ1n) is 3.66. The Bertz CT molecular complexity index is 114. The van der Waals surface area contributed by atoms with Crippen LogP contribution < -0.4 is 0 Å². The predicted molar refractivity (Wildman–Crippen MR) is 37.7 cm³/mol. The van der Waals surface area contributed by atoms with E-state index in [1.165, 1.54) is 7.11 Å². The van der Waals surface area contributed by atoms with Gasteiger partial charge in [0.15, 0.2) is 0 Å². The van der Waals surface area contributed by atoms with Crippen molar-refractivity contribution in [3.8, 4) is 0 Å². The summed E-state index contributed by atoms with van der Waals surface area (Å²) in [5.41, 5.74) is 0.